The van der Waals surface area contributed by atoms with E-state index in [0.29, 0.717) is 12.8 Å². The number of amides is 1. The Kier molecular flexibility index (Phi) is 4.28. The minimum atomic E-state index is -4.52. The van der Waals surface area contributed by atoms with Crippen LogP contribution >= 0.6 is 15.9 Å². The van der Waals surface area contributed by atoms with Crippen molar-refractivity contribution in [1.82, 2.24) is 5.32 Å². The van der Waals surface area contributed by atoms with Gasteiger partial charge in [-0.1, -0.05) is 0 Å². The highest BCUT2D eigenvalue weighted by Gasteiger charge is 2.37. The smallest absolute Gasteiger partial charge is 0.334 e. The first kappa shape index (κ1) is 15.8. The Morgan fingerprint density at radius 1 is 1.33 bits per heavy atom. The maximum atomic E-state index is 12.7. The number of hydrogen-bond acceptors (Lipinski definition) is 2. The molecular formula is C14H12BrF3N2O. The number of benzene rings is 1. The third kappa shape index (κ3) is 3.38. The highest BCUT2D eigenvalue weighted by atomic mass is 79.9. The zero-order valence-electron chi connectivity index (χ0n) is 10.9. The Morgan fingerprint density at radius 3 is 2.48 bits per heavy atom. The zero-order chi connectivity index (χ0) is 15.7. The van der Waals surface area contributed by atoms with Crippen LogP contribution in [-0.2, 0) is 6.18 Å². The Labute approximate surface area is 128 Å². The summed E-state index contributed by atoms with van der Waals surface area (Å²) in [6.07, 6.45) is -1.84. The average molecular weight is 361 g/mol. The van der Waals surface area contributed by atoms with Crippen LogP contribution < -0.4 is 5.32 Å². The monoisotopic (exact) mass is 360 g/mol. The molecule has 3 nitrogen and oxygen atoms in total. The largest absolute Gasteiger partial charge is 0.416 e. The maximum Gasteiger partial charge on any atom is 0.416 e. The molecule has 112 valence electrons. The van der Waals surface area contributed by atoms with Gasteiger partial charge in [0.05, 0.1) is 17.2 Å². The fourth-order valence-corrected chi connectivity index (χ4v) is 2.83. The van der Waals surface area contributed by atoms with E-state index in [1.54, 1.807) is 0 Å². The van der Waals surface area contributed by atoms with Crippen molar-refractivity contribution in [3.05, 3.63) is 33.8 Å². The predicted octanol–water partition coefficient (Wildman–Crippen LogP) is 4.03. The van der Waals surface area contributed by atoms with E-state index in [-0.39, 0.29) is 10.0 Å². The van der Waals surface area contributed by atoms with Crippen molar-refractivity contribution in [1.29, 1.82) is 5.26 Å². The Morgan fingerprint density at radius 2 is 1.95 bits per heavy atom. The van der Waals surface area contributed by atoms with Crippen LogP contribution in [0.15, 0.2) is 22.7 Å². The molecule has 1 N–H and O–H groups in total. The number of carbonyl (C=O) groups excluding carboxylic acids is 1. The molecule has 0 aromatic heterocycles. The van der Waals surface area contributed by atoms with E-state index in [9.17, 15) is 23.2 Å². The molecule has 0 bridgehead atoms. The van der Waals surface area contributed by atoms with Gasteiger partial charge in [-0.2, -0.15) is 18.4 Å². The summed E-state index contributed by atoms with van der Waals surface area (Å²) in [5, 5.41) is 11.8. The van der Waals surface area contributed by atoms with Gasteiger partial charge in [0.1, 0.15) is 5.54 Å². The lowest BCUT2D eigenvalue weighted by atomic mass is 9.99. The Bertz CT molecular complexity index is 601. The Balaban J connectivity index is 2.29. The zero-order valence-corrected chi connectivity index (χ0v) is 12.5. The van der Waals surface area contributed by atoms with Crippen molar-refractivity contribution in [2.24, 2.45) is 0 Å². The lowest BCUT2D eigenvalue weighted by Gasteiger charge is -2.22. The standard InChI is InChI=1S/C14H12BrF3N2O/c15-11-4-3-9(14(16,17)18)7-10(11)12(21)20-13(8-19)5-1-2-6-13/h3-4,7H,1-2,5-6H2,(H,20,21). The van der Waals surface area contributed by atoms with Gasteiger partial charge in [-0.05, 0) is 59.8 Å². The molecule has 1 aliphatic carbocycles. The van der Waals surface area contributed by atoms with E-state index in [2.05, 4.69) is 27.3 Å². The molecule has 1 saturated carbocycles. The number of carbonyl (C=O) groups is 1. The van der Waals surface area contributed by atoms with Crippen molar-refractivity contribution in [2.45, 2.75) is 37.4 Å². The van der Waals surface area contributed by atoms with Crippen LogP contribution in [-0.4, -0.2) is 11.4 Å². The third-order valence-electron chi connectivity index (χ3n) is 3.56. The van der Waals surface area contributed by atoms with Gasteiger partial charge in [0.2, 0.25) is 0 Å². The topological polar surface area (TPSA) is 52.9 Å². The van der Waals surface area contributed by atoms with E-state index >= 15 is 0 Å². The summed E-state index contributed by atoms with van der Waals surface area (Å²) in [6, 6.07) is 4.95. The first-order valence-corrected chi connectivity index (χ1v) is 7.17. The summed E-state index contributed by atoms with van der Waals surface area (Å²) in [5.74, 6) is -0.670. The fraction of sp³-hybridized carbons (Fsp3) is 0.429. The number of hydrogen-bond donors (Lipinski definition) is 1. The SMILES string of the molecule is N#CC1(NC(=O)c2cc(C(F)(F)F)ccc2Br)CCCC1. The number of rotatable bonds is 2. The lowest BCUT2D eigenvalue weighted by Crippen LogP contribution is -2.45. The fourth-order valence-electron chi connectivity index (χ4n) is 2.40. The average Bonchev–Trinajstić information content (AvgIpc) is 2.87. The summed E-state index contributed by atoms with van der Waals surface area (Å²) < 4.78 is 38.4. The van der Waals surface area contributed by atoms with Crippen molar-refractivity contribution >= 4 is 21.8 Å². The van der Waals surface area contributed by atoms with E-state index in [4.69, 9.17) is 0 Å². The second-order valence-corrected chi connectivity index (χ2v) is 5.90. The second-order valence-electron chi connectivity index (χ2n) is 5.05. The van der Waals surface area contributed by atoms with Crippen molar-refractivity contribution in [3.8, 4) is 6.07 Å². The first-order valence-electron chi connectivity index (χ1n) is 6.38. The molecule has 0 saturated heterocycles. The molecule has 0 heterocycles. The van der Waals surface area contributed by atoms with Crippen molar-refractivity contribution < 1.29 is 18.0 Å². The molecule has 0 atom stereocenters. The van der Waals surface area contributed by atoms with Crippen LogP contribution in [0.3, 0.4) is 0 Å². The quantitative estimate of drug-likeness (QED) is 0.865. The first-order chi connectivity index (χ1) is 9.77. The van der Waals surface area contributed by atoms with Crippen LogP contribution in [0, 0.1) is 11.3 Å². The van der Waals surface area contributed by atoms with Gasteiger partial charge in [0, 0.05) is 4.47 Å². The molecule has 1 fully saturated rings. The van der Waals surface area contributed by atoms with Crippen LogP contribution in [0.25, 0.3) is 0 Å². The molecule has 7 heteroatoms. The van der Waals surface area contributed by atoms with Crippen molar-refractivity contribution in [3.63, 3.8) is 0 Å². The van der Waals surface area contributed by atoms with Crippen molar-refractivity contribution in [2.75, 3.05) is 0 Å². The molecule has 1 amide bonds. The van der Waals surface area contributed by atoms with Gasteiger partial charge in [0.15, 0.2) is 0 Å². The molecule has 1 aromatic carbocycles. The molecule has 0 aliphatic heterocycles. The highest BCUT2D eigenvalue weighted by Crippen LogP contribution is 2.33. The third-order valence-corrected chi connectivity index (χ3v) is 4.25. The van der Waals surface area contributed by atoms with E-state index in [1.807, 2.05) is 0 Å². The van der Waals surface area contributed by atoms with Gasteiger partial charge in [0.25, 0.3) is 5.91 Å². The van der Waals surface area contributed by atoms with E-state index < -0.39 is 23.2 Å². The molecule has 21 heavy (non-hydrogen) atoms. The summed E-state index contributed by atoms with van der Waals surface area (Å²) in [4.78, 5) is 12.2. The normalized spacial score (nSPS) is 17.3. The van der Waals surface area contributed by atoms with Crippen LogP contribution in [0.1, 0.15) is 41.6 Å². The van der Waals surface area contributed by atoms with Crippen LogP contribution in [0.5, 0.6) is 0 Å². The van der Waals surface area contributed by atoms with E-state index in [0.717, 1.165) is 25.0 Å². The number of nitrogens with zero attached hydrogens (tertiary/aromatic N) is 1. The van der Waals surface area contributed by atoms with Gasteiger partial charge < -0.3 is 5.32 Å². The molecule has 0 spiro atoms. The summed E-state index contributed by atoms with van der Waals surface area (Å²) in [5.41, 5.74) is -1.98. The maximum absolute atomic E-state index is 12.7. The number of halogens is 4. The lowest BCUT2D eigenvalue weighted by molar-refractivity contribution is -0.137. The van der Waals surface area contributed by atoms with Gasteiger partial charge in [-0.3, -0.25) is 4.79 Å². The number of alkyl halides is 3. The molecule has 0 unspecified atom stereocenters. The Hall–Kier alpha value is -1.55. The molecule has 1 aromatic rings. The summed E-state index contributed by atoms with van der Waals surface area (Å²) in [7, 11) is 0. The number of nitrogens with one attached hydrogen (secondary N) is 1. The molecule has 1 aliphatic rings. The van der Waals surface area contributed by atoms with Crippen LogP contribution in [0.4, 0.5) is 13.2 Å². The predicted molar refractivity (Wildman–Crippen MR) is 73.4 cm³/mol. The molecule has 0 radical (unpaired) electrons. The van der Waals surface area contributed by atoms with Gasteiger partial charge in [-0.15, -0.1) is 0 Å². The second kappa shape index (κ2) is 5.68. The molecular weight excluding hydrogens is 349 g/mol. The minimum absolute atomic E-state index is 0.119. The highest BCUT2D eigenvalue weighted by molar-refractivity contribution is 9.10. The summed E-state index contributed by atoms with van der Waals surface area (Å²) >= 11 is 3.08. The summed E-state index contributed by atoms with van der Waals surface area (Å²) in [6.45, 7) is 0. The number of nitriles is 1. The van der Waals surface area contributed by atoms with Crippen LogP contribution in [0.2, 0.25) is 0 Å². The van der Waals surface area contributed by atoms with E-state index in [1.165, 1.54) is 6.07 Å². The van der Waals surface area contributed by atoms with Gasteiger partial charge >= 0.3 is 6.18 Å². The minimum Gasteiger partial charge on any atom is -0.334 e. The van der Waals surface area contributed by atoms with Gasteiger partial charge in [-0.25, -0.2) is 0 Å². The molecule has 2 rings (SSSR count).